The Balaban J connectivity index is -0.000000501. The molecular formula is C24H53NaO6S. The Labute approximate surface area is 222 Å². The summed E-state index contributed by atoms with van der Waals surface area (Å²) in [5.41, 5.74) is 0. The number of unbranched alkanes of at least 4 members (excludes halogenated alkanes) is 18. The van der Waals surface area contributed by atoms with Crippen LogP contribution in [0.25, 0.3) is 0 Å². The number of rotatable bonds is 22. The summed E-state index contributed by atoms with van der Waals surface area (Å²) in [6, 6.07) is 0. The van der Waals surface area contributed by atoms with Gasteiger partial charge in [0.15, 0.2) is 0 Å². The molecule has 0 aliphatic carbocycles. The number of ether oxygens (including phenoxy) is 1. The third-order valence-electron chi connectivity index (χ3n) is 5.28. The van der Waals surface area contributed by atoms with Gasteiger partial charge in [0.2, 0.25) is 0 Å². The maximum absolute atomic E-state index is 8.74. The third-order valence-corrected chi connectivity index (χ3v) is 5.28. The van der Waals surface area contributed by atoms with Crippen LogP contribution in [0, 0.1) is 0 Å². The van der Waals surface area contributed by atoms with Crippen LogP contribution >= 0.6 is 0 Å². The van der Waals surface area contributed by atoms with E-state index in [0.29, 0.717) is 0 Å². The first-order valence-electron chi connectivity index (χ1n) is 12.7. The van der Waals surface area contributed by atoms with Crippen LogP contribution in [0.3, 0.4) is 0 Å². The first-order valence-corrected chi connectivity index (χ1v) is 14.1. The summed E-state index contributed by atoms with van der Waals surface area (Å²) in [6.07, 6.45) is 28.2. The topological polar surface area (TPSA) is 114 Å². The number of hydrogen-bond acceptors (Lipinski definition) is 4. The average molecular weight is 493 g/mol. The maximum atomic E-state index is 8.74. The predicted molar refractivity (Wildman–Crippen MR) is 131 cm³/mol. The smallest absolute Gasteiger partial charge is 0.870 e. The SMILES string of the molecule is CCCCCCCCCCCCOCCCCCCCCCCCC.O=S(=O)(O)O.[Na+].[OH-]. The minimum absolute atomic E-state index is 0. The molecule has 0 atom stereocenters. The zero-order valence-corrected chi connectivity index (χ0v) is 24.3. The van der Waals surface area contributed by atoms with Crippen molar-refractivity contribution in [1.82, 2.24) is 0 Å². The molecule has 8 heteroatoms. The standard InChI is InChI=1S/C24H50O.Na.H2O4S.H2O/c1-3-5-7-9-11-13-15-17-19-21-23-25-24-22-20-18-16-14-12-10-8-6-4-2;;1-5(2,3)4;/h3-24H2,1-2H3;;(H2,1,2,3,4);1H2/q;+1;;/p-1. The molecule has 0 fully saturated rings. The molecule has 6 nitrogen and oxygen atoms in total. The van der Waals surface area contributed by atoms with Crippen LogP contribution in [0.15, 0.2) is 0 Å². The van der Waals surface area contributed by atoms with E-state index in [2.05, 4.69) is 13.8 Å². The van der Waals surface area contributed by atoms with E-state index in [1.165, 1.54) is 128 Å². The zero-order valence-electron chi connectivity index (χ0n) is 21.5. The first kappa shape index (κ1) is 40.0. The molecule has 0 amide bonds. The van der Waals surface area contributed by atoms with Crippen molar-refractivity contribution in [1.29, 1.82) is 0 Å². The molecule has 0 aromatic carbocycles. The fraction of sp³-hybridized carbons (Fsp3) is 1.00. The molecule has 0 unspecified atom stereocenters. The van der Waals surface area contributed by atoms with E-state index < -0.39 is 10.4 Å². The van der Waals surface area contributed by atoms with E-state index in [4.69, 9.17) is 22.3 Å². The summed E-state index contributed by atoms with van der Waals surface area (Å²) in [5.74, 6) is 0. The molecule has 0 saturated heterocycles. The van der Waals surface area contributed by atoms with Gasteiger partial charge in [-0.2, -0.15) is 8.42 Å². The van der Waals surface area contributed by atoms with Crippen LogP contribution in [-0.4, -0.2) is 36.2 Å². The monoisotopic (exact) mass is 492 g/mol. The van der Waals surface area contributed by atoms with Gasteiger partial charge in [-0.05, 0) is 12.8 Å². The van der Waals surface area contributed by atoms with Gasteiger partial charge in [-0.15, -0.1) is 0 Å². The molecule has 0 aromatic rings. The molecule has 0 aliphatic heterocycles. The predicted octanol–water partition coefficient (Wildman–Crippen LogP) is 5.02. The Bertz CT molecular complexity index is 377. The van der Waals surface area contributed by atoms with Crippen LogP contribution in [0.4, 0.5) is 0 Å². The van der Waals surface area contributed by atoms with Crippen molar-refractivity contribution in [2.75, 3.05) is 13.2 Å². The Hall–Kier alpha value is 0.790. The zero-order chi connectivity index (χ0) is 22.8. The summed E-state index contributed by atoms with van der Waals surface area (Å²) >= 11 is 0. The van der Waals surface area contributed by atoms with Crippen molar-refractivity contribution in [2.45, 2.75) is 142 Å². The summed E-state index contributed by atoms with van der Waals surface area (Å²) in [6.45, 7) is 6.57. The third kappa shape index (κ3) is 52.6. The molecule has 0 bridgehead atoms. The molecule has 0 aliphatic rings. The van der Waals surface area contributed by atoms with Crippen LogP contribution in [-0.2, 0) is 15.1 Å². The molecule has 3 N–H and O–H groups in total. The molecule has 0 spiro atoms. The molecule has 0 aromatic heterocycles. The summed E-state index contributed by atoms with van der Waals surface area (Å²) in [7, 11) is -4.67. The van der Waals surface area contributed by atoms with Gasteiger partial charge in [0.25, 0.3) is 0 Å². The maximum Gasteiger partial charge on any atom is 1.00 e. The van der Waals surface area contributed by atoms with Gasteiger partial charge < -0.3 is 10.2 Å². The van der Waals surface area contributed by atoms with E-state index in [9.17, 15) is 0 Å². The van der Waals surface area contributed by atoms with Gasteiger partial charge in [0.1, 0.15) is 0 Å². The Morgan fingerprint density at radius 1 is 0.500 bits per heavy atom. The molecule has 0 radical (unpaired) electrons. The van der Waals surface area contributed by atoms with Crippen LogP contribution in [0.5, 0.6) is 0 Å². The van der Waals surface area contributed by atoms with Crippen molar-refractivity contribution in [2.24, 2.45) is 0 Å². The Kier molecular flexibility index (Phi) is 42.4. The molecule has 32 heavy (non-hydrogen) atoms. The van der Waals surface area contributed by atoms with Crippen LogP contribution in [0.1, 0.15) is 142 Å². The summed E-state index contributed by atoms with van der Waals surface area (Å²) in [5, 5.41) is 0. The van der Waals surface area contributed by atoms with Gasteiger partial charge in [0, 0.05) is 13.2 Å². The normalized spacial score (nSPS) is 10.6. The molecule has 0 saturated carbocycles. The second-order valence-corrected chi connectivity index (χ2v) is 9.32. The molecular weight excluding hydrogens is 439 g/mol. The van der Waals surface area contributed by atoms with E-state index in [0.717, 1.165) is 13.2 Å². The number of hydrogen-bond donors (Lipinski definition) is 2. The van der Waals surface area contributed by atoms with Gasteiger partial charge in [-0.25, -0.2) is 0 Å². The fourth-order valence-electron chi connectivity index (χ4n) is 3.49. The van der Waals surface area contributed by atoms with E-state index in [-0.39, 0.29) is 35.0 Å². The van der Waals surface area contributed by atoms with E-state index in [1.807, 2.05) is 0 Å². The van der Waals surface area contributed by atoms with Crippen LogP contribution in [0.2, 0.25) is 0 Å². The van der Waals surface area contributed by atoms with Crippen molar-refractivity contribution in [3.63, 3.8) is 0 Å². The molecule has 192 valence electrons. The minimum Gasteiger partial charge on any atom is -0.870 e. The van der Waals surface area contributed by atoms with Crippen molar-refractivity contribution in [3.05, 3.63) is 0 Å². The second kappa shape index (κ2) is 34.0. The second-order valence-electron chi connectivity index (χ2n) is 8.42. The quantitative estimate of drug-likeness (QED) is 0.125. The average Bonchev–Trinajstić information content (AvgIpc) is 2.68. The van der Waals surface area contributed by atoms with Crippen molar-refractivity contribution >= 4 is 10.4 Å². The van der Waals surface area contributed by atoms with Gasteiger partial charge in [0.05, 0.1) is 0 Å². The first-order chi connectivity index (χ1) is 14.4. The minimum atomic E-state index is -4.67. The summed E-state index contributed by atoms with van der Waals surface area (Å²) in [4.78, 5) is 0. The van der Waals surface area contributed by atoms with Crippen molar-refractivity contribution in [3.8, 4) is 0 Å². The van der Waals surface area contributed by atoms with Crippen molar-refractivity contribution < 1.29 is 57.3 Å². The van der Waals surface area contributed by atoms with Crippen LogP contribution < -0.4 is 29.6 Å². The van der Waals surface area contributed by atoms with Gasteiger partial charge in [-0.3, -0.25) is 9.11 Å². The summed E-state index contributed by atoms with van der Waals surface area (Å²) < 4.78 is 37.4. The van der Waals surface area contributed by atoms with Gasteiger partial charge in [-0.1, -0.05) is 129 Å². The fourth-order valence-corrected chi connectivity index (χ4v) is 3.49. The van der Waals surface area contributed by atoms with E-state index >= 15 is 0 Å². The Morgan fingerprint density at radius 3 is 0.906 bits per heavy atom. The van der Waals surface area contributed by atoms with E-state index in [1.54, 1.807) is 0 Å². The largest absolute Gasteiger partial charge is 1.00 e. The Morgan fingerprint density at radius 2 is 0.688 bits per heavy atom. The molecule has 0 rings (SSSR count). The van der Waals surface area contributed by atoms with Gasteiger partial charge >= 0.3 is 40.0 Å². The molecule has 0 heterocycles.